The van der Waals surface area contributed by atoms with Gasteiger partial charge in [-0.15, -0.1) is 11.3 Å². The first-order valence-electron chi connectivity index (χ1n) is 6.67. The van der Waals surface area contributed by atoms with Crippen LogP contribution in [0.25, 0.3) is 10.1 Å². The van der Waals surface area contributed by atoms with E-state index in [1.807, 2.05) is 12.1 Å². The third-order valence-corrected chi connectivity index (χ3v) is 4.67. The van der Waals surface area contributed by atoms with Crippen LogP contribution in [0.15, 0.2) is 24.3 Å². The lowest BCUT2D eigenvalue weighted by Crippen LogP contribution is -2.24. The summed E-state index contributed by atoms with van der Waals surface area (Å²) in [5.41, 5.74) is 1.29. The van der Waals surface area contributed by atoms with Crippen molar-refractivity contribution in [2.75, 3.05) is 19.8 Å². The Hall–Kier alpha value is -1.04. The van der Waals surface area contributed by atoms with Gasteiger partial charge in [0.05, 0.1) is 6.61 Å². The van der Waals surface area contributed by atoms with Crippen LogP contribution in [0.2, 0.25) is 0 Å². The van der Waals surface area contributed by atoms with E-state index in [0.29, 0.717) is 13.2 Å². The highest BCUT2D eigenvalue weighted by Crippen LogP contribution is 2.34. The van der Waals surface area contributed by atoms with Crippen LogP contribution >= 0.6 is 11.3 Å². The maximum absolute atomic E-state index is 11.9. The summed E-state index contributed by atoms with van der Waals surface area (Å²) in [5, 5.41) is 4.60. The normalized spacial score (nSPS) is 13.2. The molecule has 0 aliphatic carbocycles. The molecule has 0 saturated carbocycles. The molecular weight excluding hydrogens is 280 g/mol. The number of fused-ring (bicyclic) bond motifs is 1. The Morgan fingerprint density at radius 2 is 2.05 bits per heavy atom. The van der Waals surface area contributed by atoms with Gasteiger partial charge in [0.1, 0.15) is 6.61 Å². The lowest BCUT2D eigenvalue weighted by molar-refractivity contribution is 0.0183. The topological polar surface area (TPSA) is 21.3 Å². The van der Waals surface area contributed by atoms with Crippen LogP contribution < -0.4 is 5.32 Å². The smallest absolute Gasteiger partial charge is 0.261 e. The number of hydrogen-bond donors (Lipinski definition) is 1. The molecule has 2 nitrogen and oxygen atoms in total. The van der Waals surface area contributed by atoms with Crippen molar-refractivity contribution >= 4 is 21.4 Å². The second-order valence-electron chi connectivity index (χ2n) is 4.73. The first kappa shape index (κ1) is 15.4. The zero-order valence-corrected chi connectivity index (χ0v) is 12.5. The highest BCUT2D eigenvalue weighted by molar-refractivity contribution is 7.19. The Morgan fingerprint density at radius 3 is 2.75 bits per heavy atom. The number of hydrogen-bond acceptors (Lipinski definition) is 3. The predicted octanol–water partition coefficient (Wildman–Crippen LogP) is 4.14. The molecule has 1 heterocycles. The molecule has 5 heteroatoms. The fourth-order valence-corrected chi connectivity index (χ4v) is 3.46. The maximum atomic E-state index is 11.9. The van der Waals surface area contributed by atoms with E-state index in [2.05, 4.69) is 31.3 Å². The molecule has 0 aliphatic rings. The molecule has 1 aromatic heterocycles. The fraction of sp³-hybridized carbons (Fsp3) is 0.467. The van der Waals surface area contributed by atoms with Crippen LogP contribution in [0.5, 0.6) is 0 Å². The van der Waals surface area contributed by atoms with E-state index in [0.717, 1.165) is 0 Å². The van der Waals surface area contributed by atoms with Crippen LogP contribution in [-0.4, -0.2) is 26.2 Å². The second kappa shape index (κ2) is 7.11. The summed E-state index contributed by atoms with van der Waals surface area (Å²) >= 11 is 1.78. The molecule has 2 aromatic rings. The van der Waals surface area contributed by atoms with Crippen LogP contribution in [0.4, 0.5) is 8.78 Å². The van der Waals surface area contributed by atoms with Crippen LogP contribution in [0.3, 0.4) is 0 Å². The standard InChI is InChI=1S/C15H19F2NOS/c1-10-12-5-3-4-6-13(12)20-15(10)11(2)18-7-8-19-9-14(16)17/h3-6,11,14,18H,7-9H2,1-2H3. The van der Waals surface area contributed by atoms with E-state index in [9.17, 15) is 8.78 Å². The predicted molar refractivity (Wildman–Crippen MR) is 79.8 cm³/mol. The van der Waals surface area contributed by atoms with E-state index < -0.39 is 13.0 Å². The number of alkyl halides is 2. The molecule has 0 fully saturated rings. The number of rotatable bonds is 7. The minimum atomic E-state index is -2.39. The summed E-state index contributed by atoms with van der Waals surface area (Å²) < 4.78 is 30.0. The van der Waals surface area contributed by atoms with Crippen molar-refractivity contribution < 1.29 is 13.5 Å². The van der Waals surface area contributed by atoms with E-state index >= 15 is 0 Å². The first-order chi connectivity index (χ1) is 9.59. The summed E-state index contributed by atoms with van der Waals surface area (Å²) in [5.74, 6) is 0. The molecular formula is C15H19F2NOS. The third-order valence-electron chi connectivity index (χ3n) is 3.21. The summed E-state index contributed by atoms with van der Waals surface area (Å²) in [7, 11) is 0. The molecule has 1 atom stereocenters. The van der Waals surface area contributed by atoms with Crippen molar-refractivity contribution in [1.82, 2.24) is 5.32 Å². The monoisotopic (exact) mass is 299 g/mol. The number of benzene rings is 1. The number of ether oxygens (including phenoxy) is 1. The number of thiophene rings is 1. The summed E-state index contributed by atoms with van der Waals surface area (Å²) in [6.07, 6.45) is -2.39. The van der Waals surface area contributed by atoms with Crippen LogP contribution in [0.1, 0.15) is 23.4 Å². The van der Waals surface area contributed by atoms with E-state index in [1.54, 1.807) is 11.3 Å². The molecule has 1 aromatic carbocycles. The van der Waals surface area contributed by atoms with Gasteiger partial charge >= 0.3 is 0 Å². The maximum Gasteiger partial charge on any atom is 0.261 e. The van der Waals surface area contributed by atoms with Crippen molar-refractivity contribution in [2.24, 2.45) is 0 Å². The highest BCUT2D eigenvalue weighted by atomic mass is 32.1. The van der Waals surface area contributed by atoms with Gasteiger partial charge in [0.2, 0.25) is 0 Å². The Balaban J connectivity index is 1.91. The van der Waals surface area contributed by atoms with E-state index in [4.69, 9.17) is 4.74 Å². The molecule has 0 spiro atoms. The molecule has 0 aliphatic heterocycles. The Labute approximate surface area is 121 Å². The van der Waals surface area contributed by atoms with Crippen molar-refractivity contribution in [3.05, 3.63) is 34.7 Å². The molecule has 1 N–H and O–H groups in total. The average Bonchev–Trinajstić information content (AvgIpc) is 2.76. The third kappa shape index (κ3) is 3.75. The van der Waals surface area contributed by atoms with E-state index in [1.165, 1.54) is 20.5 Å². The lowest BCUT2D eigenvalue weighted by atomic mass is 10.1. The largest absolute Gasteiger partial charge is 0.374 e. The van der Waals surface area contributed by atoms with Gasteiger partial charge in [-0.1, -0.05) is 18.2 Å². The molecule has 110 valence electrons. The van der Waals surface area contributed by atoms with Gasteiger partial charge < -0.3 is 10.1 Å². The van der Waals surface area contributed by atoms with Crippen molar-refractivity contribution in [3.63, 3.8) is 0 Å². The Kier molecular flexibility index (Phi) is 5.46. The zero-order valence-electron chi connectivity index (χ0n) is 11.7. The fourth-order valence-electron chi connectivity index (χ4n) is 2.22. The second-order valence-corrected chi connectivity index (χ2v) is 5.81. The van der Waals surface area contributed by atoms with Crippen molar-refractivity contribution in [2.45, 2.75) is 26.3 Å². The van der Waals surface area contributed by atoms with Gasteiger partial charge in [-0.3, -0.25) is 0 Å². The number of aryl methyl sites for hydroxylation is 1. The van der Waals surface area contributed by atoms with Crippen molar-refractivity contribution in [1.29, 1.82) is 0 Å². The lowest BCUT2D eigenvalue weighted by Gasteiger charge is -2.13. The summed E-state index contributed by atoms with van der Waals surface area (Å²) in [6.45, 7) is 4.60. The molecule has 20 heavy (non-hydrogen) atoms. The van der Waals surface area contributed by atoms with Gasteiger partial charge in [-0.2, -0.15) is 0 Å². The quantitative estimate of drug-likeness (QED) is 0.776. The SMILES string of the molecule is Cc1c(C(C)NCCOCC(F)F)sc2ccccc12. The highest BCUT2D eigenvalue weighted by Gasteiger charge is 2.13. The summed E-state index contributed by atoms with van der Waals surface area (Å²) in [4.78, 5) is 1.29. The minimum absolute atomic E-state index is 0.197. The van der Waals surface area contributed by atoms with Crippen molar-refractivity contribution in [3.8, 4) is 0 Å². The molecule has 0 bridgehead atoms. The molecule has 0 radical (unpaired) electrons. The Morgan fingerprint density at radius 1 is 1.30 bits per heavy atom. The zero-order chi connectivity index (χ0) is 14.5. The van der Waals surface area contributed by atoms with E-state index in [-0.39, 0.29) is 6.04 Å². The van der Waals surface area contributed by atoms with Gasteiger partial charge in [0, 0.05) is 22.2 Å². The summed E-state index contributed by atoms with van der Waals surface area (Å²) in [6, 6.07) is 8.53. The number of halogens is 2. The average molecular weight is 299 g/mol. The molecule has 2 rings (SSSR count). The van der Waals surface area contributed by atoms with Gasteiger partial charge in [0.25, 0.3) is 6.43 Å². The Bertz CT molecular complexity index is 556. The molecule has 0 saturated heterocycles. The first-order valence-corrected chi connectivity index (χ1v) is 7.48. The molecule has 0 amide bonds. The van der Waals surface area contributed by atoms with Gasteiger partial charge in [-0.25, -0.2) is 8.78 Å². The number of nitrogens with one attached hydrogen (secondary N) is 1. The van der Waals surface area contributed by atoms with Crippen LogP contribution in [0, 0.1) is 6.92 Å². The van der Waals surface area contributed by atoms with Gasteiger partial charge in [-0.05, 0) is 30.9 Å². The van der Waals surface area contributed by atoms with Crippen LogP contribution in [-0.2, 0) is 4.74 Å². The molecule has 1 unspecified atom stereocenters. The van der Waals surface area contributed by atoms with Gasteiger partial charge in [0.15, 0.2) is 0 Å². The minimum Gasteiger partial charge on any atom is -0.374 e.